The molecule has 100 valence electrons. The van der Waals surface area contributed by atoms with E-state index in [9.17, 15) is 0 Å². The van der Waals surface area contributed by atoms with Gasteiger partial charge in [-0.3, -0.25) is 0 Å². The quantitative estimate of drug-likeness (QED) is 0.915. The SMILES string of the molecule is Cc1cc(C)cc(N(C)c2ccc(CN)c(C)n2)c1. The third-order valence-electron chi connectivity index (χ3n) is 3.34. The topological polar surface area (TPSA) is 42.1 Å². The second-order valence-corrected chi connectivity index (χ2v) is 5.02. The van der Waals surface area contributed by atoms with Gasteiger partial charge in [-0.15, -0.1) is 0 Å². The third-order valence-corrected chi connectivity index (χ3v) is 3.34. The van der Waals surface area contributed by atoms with E-state index in [1.165, 1.54) is 11.1 Å². The largest absolute Gasteiger partial charge is 0.329 e. The summed E-state index contributed by atoms with van der Waals surface area (Å²) in [6, 6.07) is 10.6. The van der Waals surface area contributed by atoms with Crippen molar-refractivity contribution < 1.29 is 0 Å². The summed E-state index contributed by atoms with van der Waals surface area (Å²) in [6.07, 6.45) is 0. The Hall–Kier alpha value is -1.87. The summed E-state index contributed by atoms with van der Waals surface area (Å²) in [5, 5.41) is 0. The predicted octanol–water partition coefficient (Wildman–Crippen LogP) is 3.23. The van der Waals surface area contributed by atoms with E-state index in [1.54, 1.807) is 0 Å². The van der Waals surface area contributed by atoms with E-state index < -0.39 is 0 Å². The van der Waals surface area contributed by atoms with Crippen LogP contribution in [-0.2, 0) is 6.54 Å². The van der Waals surface area contributed by atoms with Gasteiger partial charge in [0.15, 0.2) is 0 Å². The van der Waals surface area contributed by atoms with E-state index in [1.807, 2.05) is 20.0 Å². The molecule has 0 unspecified atom stereocenters. The van der Waals surface area contributed by atoms with Crippen LogP contribution in [-0.4, -0.2) is 12.0 Å². The fraction of sp³-hybridized carbons (Fsp3) is 0.312. The van der Waals surface area contributed by atoms with Crippen LogP contribution in [0, 0.1) is 20.8 Å². The lowest BCUT2D eigenvalue weighted by Crippen LogP contribution is -2.13. The molecule has 0 spiro atoms. The van der Waals surface area contributed by atoms with Crippen molar-refractivity contribution in [3.8, 4) is 0 Å². The molecule has 3 heteroatoms. The van der Waals surface area contributed by atoms with Crippen LogP contribution < -0.4 is 10.6 Å². The molecular weight excluding hydrogens is 234 g/mol. The second kappa shape index (κ2) is 5.41. The molecule has 0 aliphatic heterocycles. The zero-order valence-corrected chi connectivity index (χ0v) is 12.1. The Bertz CT molecular complexity index is 570. The molecule has 1 aromatic carbocycles. The van der Waals surface area contributed by atoms with Crippen molar-refractivity contribution in [2.24, 2.45) is 5.73 Å². The first-order valence-corrected chi connectivity index (χ1v) is 6.50. The molecule has 1 aromatic heterocycles. The Kier molecular flexibility index (Phi) is 3.86. The molecule has 3 nitrogen and oxygen atoms in total. The summed E-state index contributed by atoms with van der Waals surface area (Å²) in [7, 11) is 2.04. The molecule has 0 radical (unpaired) electrons. The van der Waals surface area contributed by atoms with Crippen molar-refractivity contribution >= 4 is 11.5 Å². The van der Waals surface area contributed by atoms with Gasteiger partial charge >= 0.3 is 0 Å². The van der Waals surface area contributed by atoms with E-state index in [0.29, 0.717) is 6.54 Å². The number of rotatable bonds is 3. The Labute approximate surface area is 115 Å². The number of anilines is 2. The minimum absolute atomic E-state index is 0.534. The summed E-state index contributed by atoms with van der Waals surface area (Å²) in [4.78, 5) is 6.73. The summed E-state index contributed by atoms with van der Waals surface area (Å²) in [5.41, 5.74) is 11.4. The Morgan fingerprint density at radius 3 is 2.21 bits per heavy atom. The van der Waals surface area contributed by atoms with Gasteiger partial charge in [-0.25, -0.2) is 4.98 Å². The molecule has 0 amide bonds. The second-order valence-electron chi connectivity index (χ2n) is 5.02. The molecule has 2 N–H and O–H groups in total. The molecule has 2 aromatic rings. The Morgan fingerprint density at radius 2 is 1.68 bits per heavy atom. The van der Waals surface area contributed by atoms with Crippen molar-refractivity contribution in [3.05, 3.63) is 52.7 Å². The van der Waals surface area contributed by atoms with Crippen LogP contribution in [0.2, 0.25) is 0 Å². The van der Waals surface area contributed by atoms with E-state index >= 15 is 0 Å². The first-order chi connectivity index (χ1) is 9.01. The highest BCUT2D eigenvalue weighted by Crippen LogP contribution is 2.24. The predicted molar refractivity (Wildman–Crippen MR) is 80.8 cm³/mol. The lowest BCUT2D eigenvalue weighted by Gasteiger charge is -2.20. The number of hydrogen-bond acceptors (Lipinski definition) is 3. The molecule has 0 atom stereocenters. The van der Waals surface area contributed by atoms with Gasteiger partial charge in [0.25, 0.3) is 0 Å². The summed E-state index contributed by atoms with van der Waals surface area (Å²) < 4.78 is 0. The van der Waals surface area contributed by atoms with Gasteiger partial charge in [0.2, 0.25) is 0 Å². The normalized spacial score (nSPS) is 10.6. The maximum Gasteiger partial charge on any atom is 0.132 e. The molecule has 0 saturated heterocycles. The first kappa shape index (κ1) is 13.6. The molecule has 0 bridgehead atoms. The van der Waals surface area contributed by atoms with Crippen molar-refractivity contribution in [1.82, 2.24) is 4.98 Å². The lowest BCUT2D eigenvalue weighted by molar-refractivity contribution is 0.992. The van der Waals surface area contributed by atoms with Crippen LogP contribution in [0.25, 0.3) is 0 Å². The molecule has 0 aliphatic carbocycles. The third kappa shape index (κ3) is 2.93. The van der Waals surface area contributed by atoms with E-state index in [0.717, 1.165) is 22.8 Å². The number of nitrogens with two attached hydrogens (primary N) is 1. The smallest absolute Gasteiger partial charge is 0.132 e. The Morgan fingerprint density at radius 1 is 1.05 bits per heavy atom. The number of nitrogens with zero attached hydrogens (tertiary/aromatic N) is 2. The fourth-order valence-electron chi connectivity index (χ4n) is 2.26. The molecule has 2 rings (SSSR count). The number of aromatic nitrogens is 1. The monoisotopic (exact) mass is 255 g/mol. The van der Waals surface area contributed by atoms with Gasteiger partial charge < -0.3 is 10.6 Å². The van der Waals surface area contributed by atoms with E-state index in [-0.39, 0.29) is 0 Å². The minimum atomic E-state index is 0.534. The molecule has 19 heavy (non-hydrogen) atoms. The summed E-state index contributed by atoms with van der Waals surface area (Å²) in [6.45, 7) is 6.76. The lowest BCUT2D eigenvalue weighted by atomic mass is 10.1. The minimum Gasteiger partial charge on any atom is -0.329 e. The van der Waals surface area contributed by atoms with Gasteiger partial charge in [0.1, 0.15) is 5.82 Å². The molecule has 0 fully saturated rings. The molecule has 1 heterocycles. The van der Waals surface area contributed by atoms with Crippen LogP contribution in [0.4, 0.5) is 11.5 Å². The highest BCUT2D eigenvalue weighted by Gasteiger charge is 2.08. The van der Waals surface area contributed by atoms with Gasteiger partial charge in [0.05, 0.1) is 0 Å². The summed E-state index contributed by atoms with van der Waals surface area (Å²) >= 11 is 0. The number of aryl methyl sites for hydroxylation is 3. The van der Waals surface area contributed by atoms with Crippen LogP contribution in [0.3, 0.4) is 0 Å². The highest BCUT2D eigenvalue weighted by atomic mass is 15.2. The maximum atomic E-state index is 5.67. The summed E-state index contributed by atoms with van der Waals surface area (Å²) in [5.74, 6) is 0.944. The fourth-order valence-corrected chi connectivity index (χ4v) is 2.26. The van der Waals surface area contributed by atoms with E-state index in [4.69, 9.17) is 5.73 Å². The van der Waals surface area contributed by atoms with Crippen molar-refractivity contribution in [1.29, 1.82) is 0 Å². The molecule has 0 saturated carbocycles. The van der Waals surface area contributed by atoms with Crippen molar-refractivity contribution in [3.63, 3.8) is 0 Å². The standard InChI is InChI=1S/C16H21N3/c1-11-7-12(2)9-15(8-11)19(4)16-6-5-14(10-17)13(3)18-16/h5-9H,10,17H2,1-4H3. The Balaban J connectivity index is 2.38. The average molecular weight is 255 g/mol. The van der Waals surface area contributed by atoms with Crippen molar-refractivity contribution in [2.75, 3.05) is 11.9 Å². The maximum absolute atomic E-state index is 5.67. The van der Waals surface area contributed by atoms with Crippen LogP contribution >= 0.6 is 0 Å². The van der Waals surface area contributed by atoms with Gasteiger partial charge in [-0.2, -0.15) is 0 Å². The van der Waals surface area contributed by atoms with Gasteiger partial charge in [-0.1, -0.05) is 12.1 Å². The van der Waals surface area contributed by atoms with E-state index in [2.05, 4.69) is 48.0 Å². The van der Waals surface area contributed by atoms with Crippen LogP contribution in [0.15, 0.2) is 30.3 Å². The number of hydrogen-bond donors (Lipinski definition) is 1. The number of benzene rings is 1. The molecule has 0 aliphatic rings. The zero-order chi connectivity index (χ0) is 14.0. The van der Waals surface area contributed by atoms with Crippen molar-refractivity contribution in [2.45, 2.75) is 27.3 Å². The zero-order valence-electron chi connectivity index (χ0n) is 12.1. The van der Waals surface area contributed by atoms with Gasteiger partial charge in [-0.05, 0) is 55.7 Å². The van der Waals surface area contributed by atoms with Crippen LogP contribution in [0.1, 0.15) is 22.4 Å². The highest BCUT2D eigenvalue weighted by molar-refractivity contribution is 5.61. The number of pyridine rings is 1. The van der Waals surface area contributed by atoms with Crippen LogP contribution in [0.5, 0.6) is 0 Å². The average Bonchev–Trinajstić information content (AvgIpc) is 2.36. The molecular formula is C16H21N3. The first-order valence-electron chi connectivity index (χ1n) is 6.50. The van der Waals surface area contributed by atoms with Gasteiger partial charge in [0, 0.05) is 25.0 Å².